The van der Waals surface area contributed by atoms with Crippen LogP contribution in [0.15, 0.2) is 48.5 Å². The lowest BCUT2D eigenvalue weighted by atomic mass is 9.87. The molecule has 0 unspecified atom stereocenters. The molecule has 0 saturated heterocycles. The highest BCUT2D eigenvalue weighted by Gasteiger charge is 2.14. The SMILES string of the molecule is CC(C)(C)c1ccc(C(=O)NCCC(=O)NCCCOc2ccccc2F)cc1. The fraction of sp³-hybridized carbons (Fsp3) is 0.391. The van der Waals surface area contributed by atoms with Gasteiger partial charge in [-0.1, -0.05) is 45.0 Å². The lowest BCUT2D eigenvalue weighted by Crippen LogP contribution is -2.31. The fourth-order valence-corrected chi connectivity index (χ4v) is 2.65. The summed E-state index contributed by atoms with van der Waals surface area (Å²) in [5.41, 5.74) is 1.77. The summed E-state index contributed by atoms with van der Waals surface area (Å²) < 4.78 is 18.7. The standard InChI is InChI=1S/C23H29FN2O3/c1-23(2,3)18-11-9-17(10-12-18)22(28)26-15-13-21(27)25-14-6-16-29-20-8-5-4-7-19(20)24/h4-5,7-12H,6,13-16H2,1-3H3,(H,25,27)(H,26,28). The van der Waals surface area contributed by atoms with Crippen molar-refractivity contribution in [2.45, 2.75) is 39.0 Å². The summed E-state index contributed by atoms with van der Waals surface area (Å²) in [5, 5.41) is 5.51. The highest BCUT2D eigenvalue weighted by Crippen LogP contribution is 2.22. The van der Waals surface area contributed by atoms with E-state index in [0.717, 1.165) is 5.56 Å². The summed E-state index contributed by atoms with van der Waals surface area (Å²) in [4.78, 5) is 24.0. The van der Waals surface area contributed by atoms with E-state index in [1.807, 2.05) is 12.1 Å². The molecule has 0 saturated carbocycles. The number of benzene rings is 2. The van der Waals surface area contributed by atoms with Gasteiger partial charge in [-0.05, 0) is 41.7 Å². The smallest absolute Gasteiger partial charge is 0.251 e. The molecule has 2 aromatic carbocycles. The number of carbonyl (C=O) groups excluding carboxylic acids is 2. The number of amides is 2. The molecular formula is C23H29FN2O3. The minimum Gasteiger partial charge on any atom is -0.490 e. The van der Waals surface area contributed by atoms with Crippen molar-refractivity contribution >= 4 is 11.8 Å². The largest absolute Gasteiger partial charge is 0.490 e. The minimum atomic E-state index is -0.402. The van der Waals surface area contributed by atoms with Crippen molar-refractivity contribution in [3.63, 3.8) is 0 Å². The molecule has 0 aliphatic heterocycles. The molecule has 2 aromatic rings. The van der Waals surface area contributed by atoms with Crippen molar-refractivity contribution in [3.05, 3.63) is 65.5 Å². The van der Waals surface area contributed by atoms with Crippen LogP contribution in [-0.2, 0) is 10.2 Å². The van der Waals surface area contributed by atoms with Crippen LogP contribution in [0.5, 0.6) is 5.75 Å². The molecule has 0 fully saturated rings. The van der Waals surface area contributed by atoms with Gasteiger partial charge in [0.15, 0.2) is 11.6 Å². The number of halogens is 1. The van der Waals surface area contributed by atoms with Crippen molar-refractivity contribution in [2.24, 2.45) is 0 Å². The van der Waals surface area contributed by atoms with Crippen molar-refractivity contribution in [1.82, 2.24) is 10.6 Å². The number of nitrogens with one attached hydrogen (secondary N) is 2. The first-order valence-corrected chi connectivity index (χ1v) is 9.80. The van der Waals surface area contributed by atoms with E-state index in [0.29, 0.717) is 25.1 Å². The Morgan fingerprint density at radius 3 is 2.31 bits per heavy atom. The first-order valence-electron chi connectivity index (χ1n) is 9.80. The van der Waals surface area contributed by atoms with E-state index in [2.05, 4.69) is 31.4 Å². The Morgan fingerprint density at radius 1 is 0.966 bits per heavy atom. The van der Waals surface area contributed by atoms with Crippen LogP contribution in [-0.4, -0.2) is 31.5 Å². The van der Waals surface area contributed by atoms with Gasteiger partial charge in [-0.3, -0.25) is 9.59 Å². The molecule has 2 rings (SSSR count). The molecule has 0 bridgehead atoms. The van der Waals surface area contributed by atoms with Gasteiger partial charge >= 0.3 is 0 Å². The van der Waals surface area contributed by atoms with Crippen molar-refractivity contribution in [1.29, 1.82) is 0 Å². The average Bonchev–Trinajstić information content (AvgIpc) is 2.68. The molecule has 2 N–H and O–H groups in total. The third-order valence-electron chi connectivity index (χ3n) is 4.39. The number of rotatable bonds is 9. The highest BCUT2D eigenvalue weighted by atomic mass is 19.1. The van der Waals surface area contributed by atoms with Crippen LogP contribution in [0, 0.1) is 5.82 Å². The van der Waals surface area contributed by atoms with Crippen molar-refractivity contribution in [3.8, 4) is 5.75 Å². The van der Waals surface area contributed by atoms with E-state index in [1.165, 1.54) is 6.07 Å². The molecule has 0 heterocycles. The van der Waals surface area contributed by atoms with Crippen LogP contribution in [0.2, 0.25) is 0 Å². The van der Waals surface area contributed by atoms with Gasteiger partial charge in [0, 0.05) is 25.1 Å². The van der Waals surface area contributed by atoms with Gasteiger partial charge in [-0.2, -0.15) is 0 Å². The fourth-order valence-electron chi connectivity index (χ4n) is 2.65. The maximum atomic E-state index is 13.4. The molecule has 0 atom stereocenters. The Labute approximate surface area is 171 Å². The number of hydrogen-bond acceptors (Lipinski definition) is 3. The van der Waals surface area contributed by atoms with Gasteiger partial charge < -0.3 is 15.4 Å². The second kappa shape index (κ2) is 10.6. The van der Waals surface area contributed by atoms with Crippen LogP contribution < -0.4 is 15.4 Å². The number of ether oxygens (including phenoxy) is 1. The summed E-state index contributed by atoms with van der Waals surface area (Å²) in [7, 11) is 0. The zero-order chi connectivity index (χ0) is 21.3. The predicted octanol–water partition coefficient (Wildman–Crippen LogP) is 3.83. The van der Waals surface area contributed by atoms with E-state index in [4.69, 9.17) is 4.74 Å². The quantitative estimate of drug-likeness (QED) is 0.629. The van der Waals surface area contributed by atoms with Gasteiger partial charge in [-0.15, -0.1) is 0 Å². The number of carbonyl (C=O) groups is 2. The second-order valence-electron chi connectivity index (χ2n) is 7.82. The van der Waals surface area contributed by atoms with E-state index in [1.54, 1.807) is 30.3 Å². The maximum Gasteiger partial charge on any atom is 0.251 e. The van der Waals surface area contributed by atoms with Gasteiger partial charge in [0.2, 0.25) is 5.91 Å². The summed E-state index contributed by atoms with van der Waals surface area (Å²) in [6.45, 7) is 7.35. The van der Waals surface area contributed by atoms with Gasteiger partial charge in [0.05, 0.1) is 6.61 Å². The molecule has 6 heteroatoms. The summed E-state index contributed by atoms with van der Waals surface area (Å²) in [6.07, 6.45) is 0.756. The Morgan fingerprint density at radius 2 is 1.66 bits per heavy atom. The molecule has 0 spiro atoms. The Hall–Kier alpha value is -2.89. The summed E-state index contributed by atoms with van der Waals surface area (Å²) >= 11 is 0. The van der Waals surface area contributed by atoms with Crippen molar-refractivity contribution in [2.75, 3.05) is 19.7 Å². The molecular weight excluding hydrogens is 371 g/mol. The monoisotopic (exact) mass is 400 g/mol. The molecule has 0 aliphatic carbocycles. The third kappa shape index (κ3) is 7.56. The molecule has 0 radical (unpaired) electrons. The van der Waals surface area contributed by atoms with Crippen LogP contribution in [0.4, 0.5) is 4.39 Å². The molecule has 0 aliphatic rings. The first kappa shape index (κ1) is 22.4. The Bertz CT molecular complexity index is 814. The van der Waals surface area contributed by atoms with Gasteiger partial charge in [0.25, 0.3) is 5.91 Å². The third-order valence-corrected chi connectivity index (χ3v) is 4.39. The zero-order valence-electron chi connectivity index (χ0n) is 17.3. The van der Waals surface area contributed by atoms with Crippen LogP contribution in [0.3, 0.4) is 0 Å². The predicted molar refractivity (Wildman–Crippen MR) is 112 cm³/mol. The molecule has 2 amide bonds. The van der Waals surface area contributed by atoms with E-state index in [-0.39, 0.29) is 35.9 Å². The lowest BCUT2D eigenvalue weighted by Gasteiger charge is -2.19. The zero-order valence-corrected chi connectivity index (χ0v) is 17.3. The van der Waals surface area contributed by atoms with Crippen LogP contribution in [0.25, 0.3) is 0 Å². The molecule has 0 aromatic heterocycles. The van der Waals surface area contributed by atoms with E-state index >= 15 is 0 Å². The van der Waals surface area contributed by atoms with Crippen LogP contribution >= 0.6 is 0 Å². The lowest BCUT2D eigenvalue weighted by molar-refractivity contribution is -0.120. The highest BCUT2D eigenvalue weighted by molar-refractivity contribution is 5.94. The normalized spacial score (nSPS) is 11.0. The van der Waals surface area contributed by atoms with E-state index < -0.39 is 5.82 Å². The molecule has 156 valence electrons. The minimum absolute atomic E-state index is 0.0351. The van der Waals surface area contributed by atoms with Crippen molar-refractivity contribution < 1.29 is 18.7 Å². The molecule has 5 nitrogen and oxygen atoms in total. The average molecular weight is 400 g/mol. The summed E-state index contributed by atoms with van der Waals surface area (Å²) in [6, 6.07) is 13.7. The van der Waals surface area contributed by atoms with Gasteiger partial charge in [-0.25, -0.2) is 4.39 Å². The molecule has 29 heavy (non-hydrogen) atoms. The Kier molecular flexibility index (Phi) is 8.19. The first-order chi connectivity index (χ1) is 13.8. The van der Waals surface area contributed by atoms with Gasteiger partial charge in [0.1, 0.15) is 0 Å². The number of hydrogen-bond donors (Lipinski definition) is 2. The maximum absolute atomic E-state index is 13.4. The van der Waals surface area contributed by atoms with E-state index in [9.17, 15) is 14.0 Å². The second-order valence-corrected chi connectivity index (χ2v) is 7.82. The topological polar surface area (TPSA) is 67.4 Å². The number of para-hydroxylation sites is 1. The van der Waals surface area contributed by atoms with Crippen LogP contribution in [0.1, 0.15) is 49.5 Å². The summed E-state index contributed by atoms with van der Waals surface area (Å²) in [5.74, 6) is -0.548. The Balaban J connectivity index is 1.60.